The van der Waals surface area contributed by atoms with E-state index in [0.29, 0.717) is 5.16 Å². The fourth-order valence-electron chi connectivity index (χ4n) is 0.876. The average molecular weight is 157 g/mol. The lowest BCUT2D eigenvalue weighted by atomic mass is 10.4. The van der Waals surface area contributed by atoms with Crippen LogP contribution in [-0.4, -0.2) is 14.8 Å². The summed E-state index contributed by atoms with van der Waals surface area (Å²) in [6.07, 6.45) is 0.918. The summed E-state index contributed by atoms with van der Waals surface area (Å²) in [6, 6.07) is 0. The van der Waals surface area contributed by atoms with Crippen molar-refractivity contribution in [3.05, 3.63) is 5.82 Å². The Morgan fingerprint density at radius 2 is 2.20 bits per heavy atom. The lowest BCUT2D eigenvalue weighted by Gasteiger charge is -1.96. The van der Waals surface area contributed by atoms with Gasteiger partial charge in [-0.1, -0.05) is 6.92 Å². The van der Waals surface area contributed by atoms with E-state index >= 15 is 0 Å². The van der Waals surface area contributed by atoms with Crippen LogP contribution in [0.5, 0.6) is 0 Å². The molecule has 0 aliphatic heterocycles. The molecule has 0 aliphatic rings. The number of hydrogen-bond donors (Lipinski definition) is 1. The molecule has 0 radical (unpaired) electrons. The van der Waals surface area contributed by atoms with Gasteiger partial charge < -0.3 is 0 Å². The summed E-state index contributed by atoms with van der Waals surface area (Å²) in [5.74, 6) is 1.01. The summed E-state index contributed by atoms with van der Waals surface area (Å²) in [5, 5.41) is 4.64. The van der Waals surface area contributed by atoms with Crippen LogP contribution in [0.4, 0.5) is 0 Å². The zero-order chi connectivity index (χ0) is 7.56. The van der Waals surface area contributed by atoms with E-state index in [4.69, 9.17) is 0 Å². The second-order valence-electron chi connectivity index (χ2n) is 2.00. The Morgan fingerprint density at radius 3 is 2.60 bits per heavy atom. The van der Waals surface area contributed by atoms with E-state index in [-0.39, 0.29) is 0 Å². The Labute approximate surface area is 65.9 Å². The minimum absolute atomic E-state index is 0.568. The van der Waals surface area contributed by atoms with Crippen LogP contribution in [-0.2, 0) is 13.0 Å². The maximum absolute atomic E-state index is 4.12. The van der Waals surface area contributed by atoms with Crippen LogP contribution in [0, 0.1) is 0 Å². The van der Waals surface area contributed by atoms with Gasteiger partial charge in [-0.25, -0.2) is 9.67 Å². The Balaban J connectivity index is 2.96. The average Bonchev–Trinajstić information content (AvgIpc) is 2.30. The van der Waals surface area contributed by atoms with Crippen LogP contribution in [0.2, 0.25) is 0 Å². The van der Waals surface area contributed by atoms with Crippen molar-refractivity contribution in [1.82, 2.24) is 14.8 Å². The van der Waals surface area contributed by atoms with Gasteiger partial charge in [0.15, 0.2) is 0 Å². The topological polar surface area (TPSA) is 30.7 Å². The van der Waals surface area contributed by atoms with E-state index < -0.39 is 0 Å². The highest BCUT2D eigenvalue weighted by atomic mass is 32.1. The van der Waals surface area contributed by atoms with Gasteiger partial charge in [0.25, 0.3) is 0 Å². The first-order valence-electron chi connectivity index (χ1n) is 3.40. The Bertz CT molecular complexity index is 197. The summed E-state index contributed by atoms with van der Waals surface area (Å²) in [6.45, 7) is 4.97. The molecule has 0 atom stereocenters. The molecule has 56 valence electrons. The third-order valence-corrected chi connectivity index (χ3v) is 1.54. The molecule has 0 spiro atoms. The highest BCUT2D eigenvalue weighted by Gasteiger charge is 2.01. The van der Waals surface area contributed by atoms with Crippen molar-refractivity contribution in [2.45, 2.75) is 32.0 Å². The van der Waals surface area contributed by atoms with Gasteiger partial charge in [-0.3, -0.25) is 0 Å². The predicted molar refractivity (Wildman–Crippen MR) is 42.3 cm³/mol. The maximum atomic E-state index is 4.12. The third kappa shape index (κ3) is 1.31. The van der Waals surface area contributed by atoms with Gasteiger partial charge >= 0.3 is 0 Å². The van der Waals surface area contributed by atoms with E-state index in [1.165, 1.54) is 0 Å². The van der Waals surface area contributed by atoms with Crippen LogP contribution in [0.1, 0.15) is 19.7 Å². The molecular weight excluding hydrogens is 146 g/mol. The van der Waals surface area contributed by atoms with Gasteiger partial charge in [0, 0.05) is 13.0 Å². The molecule has 0 aliphatic carbocycles. The molecule has 1 aromatic rings. The lowest BCUT2D eigenvalue weighted by molar-refractivity contribution is 0.610. The van der Waals surface area contributed by atoms with E-state index in [1.807, 2.05) is 11.6 Å². The zero-order valence-electron chi connectivity index (χ0n) is 6.20. The van der Waals surface area contributed by atoms with Crippen molar-refractivity contribution in [2.75, 3.05) is 0 Å². The third-order valence-electron chi connectivity index (χ3n) is 1.35. The number of hydrogen-bond acceptors (Lipinski definition) is 3. The van der Waals surface area contributed by atoms with Crippen molar-refractivity contribution < 1.29 is 0 Å². The summed E-state index contributed by atoms with van der Waals surface area (Å²) in [7, 11) is 0. The zero-order valence-corrected chi connectivity index (χ0v) is 7.10. The predicted octanol–water partition coefficient (Wildman–Crippen LogP) is 1.15. The number of thiol groups is 1. The number of aromatic nitrogens is 3. The lowest BCUT2D eigenvalue weighted by Crippen LogP contribution is -2.01. The van der Waals surface area contributed by atoms with Gasteiger partial charge in [-0.2, -0.15) is 0 Å². The monoisotopic (exact) mass is 157 g/mol. The maximum Gasteiger partial charge on any atom is 0.205 e. The van der Waals surface area contributed by atoms with E-state index in [0.717, 1.165) is 18.8 Å². The van der Waals surface area contributed by atoms with Crippen molar-refractivity contribution in [3.63, 3.8) is 0 Å². The van der Waals surface area contributed by atoms with Gasteiger partial charge in [0.1, 0.15) is 5.82 Å². The molecule has 1 heterocycles. The molecule has 0 saturated carbocycles. The van der Waals surface area contributed by atoms with Crippen molar-refractivity contribution >= 4 is 12.6 Å². The molecule has 0 fully saturated rings. The first-order valence-corrected chi connectivity index (χ1v) is 3.85. The second-order valence-corrected chi connectivity index (χ2v) is 2.40. The summed E-state index contributed by atoms with van der Waals surface area (Å²) in [4.78, 5) is 4.12. The SMILES string of the molecule is CCc1nc(S)nn1CC. The van der Waals surface area contributed by atoms with Gasteiger partial charge in [-0.15, -0.1) is 17.7 Å². The molecule has 3 nitrogen and oxygen atoms in total. The van der Waals surface area contributed by atoms with Crippen LogP contribution in [0.15, 0.2) is 5.16 Å². The largest absolute Gasteiger partial charge is 0.249 e. The number of nitrogens with zero attached hydrogens (tertiary/aromatic N) is 3. The van der Waals surface area contributed by atoms with Gasteiger partial charge in [0.05, 0.1) is 0 Å². The van der Waals surface area contributed by atoms with Crippen molar-refractivity contribution in [2.24, 2.45) is 0 Å². The number of rotatable bonds is 2. The Hall–Kier alpha value is -0.510. The van der Waals surface area contributed by atoms with Crippen LogP contribution in [0.25, 0.3) is 0 Å². The molecule has 1 aromatic heterocycles. The normalized spacial score (nSPS) is 10.3. The molecule has 0 unspecified atom stereocenters. The molecule has 0 amide bonds. The smallest absolute Gasteiger partial charge is 0.205 e. The van der Waals surface area contributed by atoms with Crippen LogP contribution in [0.3, 0.4) is 0 Å². The van der Waals surface area contributed by atoms with Crippen molar-refractivity contribution in [1.29, 1.82) is 0 Å². The first kappa shape index (κ1) is 7.60. The fraction of sp³-hybridized carbons (Fsp3) is 0.667. The molecule has 0 bridgehead atoms. The number of aryl methyl sites for hydroxylation is 2. The summed E-state index contributed by atoms with van der Waals surface area (Å²) >= 11 is 4.04. The molecule has 0 aromatic carbocycles. The Kier molecular flexibility index (Phi) is 2.32. The molecule has 10 heavy (non-hydrogen) atoms. The molecule has 1 rings (SSSR count). The van der Waals surface area contributed by atoms with Crippen LogP contribution < -0.4 is 0 Å². The molecule has 0 saturated heterocycles. The second kappa shape index (κ2) is 3.05. The van der Waals surface area contributed by atoms with E-state index in [9.17, 15) is 0 Å². The minimum atomic E-state index is 0.568. The van der Waals surface area contributed by atoms with E-state index in [2.05, 4.69) is 29.6 Å². The first-order chi connectivity index (χ1) is 4.77. The highest BCUT2D eigenvalue weighted by Crippen LogP contribution is 2.01. The van der Waals surface area contributed by atoms with E-state index in [1.54, 1.807) is 0 Å². The quantitative estimate of drug-likeness (QED) is 0.653. The van der Waals surface area contributed by atoms with Gasteiger partial charge in [0.2, 0.25) is 5.16 Å². The molecular formula is C6H11N3S. The summed E-state index contributed by atoms with van der Waals surface area (Å²) < 4.78 is 1.86. The Morgan fingerprint density at radius 1 is 1.50 bits per heavy atom. The van der Waals surface area contributed by atoms with Crippen molar-refractivity contribution in [3.8, 4) is 0 Å². The molecule has 4 heteroatoms. The highest BCUT2D eigenvalue weighted by molar-refractivity contribution is 7.80. The van der Waals surface area contributed by atoms with Crippen LogP contribution >= 0.6 is 12.6 Å². The standard InChI is InChI=1S/C6H11N3S/c1-3-5-7-6(10)8-9(5)4-2/h3-4H2,1-2H3,(H,8,10). The molecule has 0 N–H and O–H groups in total. The summed E-state index contributed by atoms with van der Waals surface area (Å²) in [5.41, 5.74) is 0. The fourth-order valence-corrected chi connectivity index (χ4v) is 1.10. The van der Waals surface area contributed by atoms with Gasteiger partial charge in [-0.05, 0) is 6.92 Å². The minimum Gasteiger partial charge on any atom is -0.249 e.